The van der Waals surface area contributed by atoms with E-state index in [0.29, 0.717) is 23.7 Å². The highest BCUT2D eigenvalue weighted by Crippen LogP contribution is 2.30. The van der Waals surface area contributed by atoms with Gasteiger partial charge in [0.25, 0.3) is 5.91 Å². The molecule has 0 bridgehead atoms. The standard InChI is InChI=1S/C22H23F2NO4/c1-5-28-21-12-15(7-11-20(21)29-14(2)22(27)25(3)4)6-10-19(26)16-8-9-17(23)18(24)13-16/h6-14H,5H2,1-4H3/b10-6+/t14-/m1/s1. The Hall–Kier alpha value is -3.22. The number of hydrogen-bond donors (Lipinski definition) is 0. The molecule has 0 fully saturated rings. The number of likely N-dealkylation sites (N-methyl/N-ethyl adjacent to an activating group) is 1. The van der Waals surface area contributed by atoms with Crippen LogP contribution in [-0.2, 0) is 4.79 Å². The molecule has 0 unspecified atom stereocenters. The van der Waals surface area contributed by atoms with Gasteiger partial charge in [-0.25, -0.2) is 8.78 Å². The van der Waals surface area contributed by atoms with Crippen molar-refractivity contribution in [2.75, 3.05) is 20.7 Å². The molecule has 0 radical (unpaired) electrons. The number of nitrogens with zero attached hydrogens (tertiary/aromatic N) is 1. The molecule has 0 aliphatic heterocycles. The lowest BCUT2D eigenvalue weighted by molar-refractivity contribution is -0.135. The van der Waals surface area contributed by atoms with E-state index in [9.17, 15) is 18.4 Å². The number of ketones is 1. The van der Waals surface area contributed by atoms with Crippen molar-refractivity contribution in [2.45, 2.75) is 20.0 Å². The number of halogens is 2. The van der Waals surface area contributed by atoms with Gasteiger partial charge in [0.15, 0.2) is 35.0 Å². The number of carbonyl (C=O) groups excluding carboxylic acids is 2. The molecular weight excluding hydrogens is 380 g/mol. The van der Waals surface area contributed by atoms with E-state index in [1.54, 1.807) is 39.2 Å². The molecule has 29 heavy (non-hydrogen) atoms. The Morgan fingerprint density at radius 1 is 1.07 bits per heavy atom. The number of allylic oxidation sites excluding steroid dienone is 1. The van der Waals surface area contributed by atoms with E-state index in [1.807, 2.05) is 6.92 Å². The van der Waals surface area contributed by atoms with Crippen LogP contribution in [0.15, 0.2) is 42.5 Å². The zero-order valence-corrected chi connectivity index (χ0v) is 16.7. The van der Waals surface area contributed by atoms with Crippen LogP contribution in [0.4, 0.5) is 8.78 Å². The lowest BCUT2D eigenvalue weighted by atomic mass is 10.1. The second-order valence-corrected chi connectivity index (χ2v) is 6.46. The van der Waals surface area contributed by atoms with Crippen LogP contribution in [-0.4, -0.2) is 43.4 Å². The number of carbonyl (C=O) groups is 2. The van der Waals surface area contributed by atoms with Gasteiger partial charge in [-0.15, -0.1) is 0 Å². The summed E-state index contributed by atoms with van der Waals surface area (Å²) in [5.41, 5.74) is 0.685. The molecule has 2 aromatic carbocycles. The summed E-state index contributed by atoms with van der Waals surface area (Å²) < 4.78 is 37.6. The molecule has 0 aromatic heterocycles. The van der Waals surface area contributed by atoms with Crippen molar-refractivity contribution in [1.29, 1.82) is 0 Å². The van der Waals surface area contributed by atoms with Crippen molar-refractivity contribution in [3.63, 3.8) is 0 Å². The van der Waals surface area contributed by atoms with Crippen molar-refractivity contribution in [1.82, 2.24) is 4.90 Å². The van der Waals surface area contributed by atoms with Crippen LogP contribution < -0.4 is 9.47 Å². The second-order valence-electron chi connectivity index (χ2n) is 6.46. The van der Waals surface area contributed by atoms with E-state index in [1.165, 1.54) is 23.1 Å². The Kier molecular flexibility index (Phi) is 7.47. The Bertz CT molecular complexity index is 925. The molecule has 1 atom stereocenters. The average molecular weight is 403 g/mol. The molecule has 154 valence electrons. The molecule has 1 amide bonds. The Balaban J connectivity index is 2.20. The van der Waals surface area contributed by atoms with E-state index in [4.69, 9.17) is 9.47 Å². The highest BCUT2D eigenvalue weighted by Gasteiger charge is 2.18. The molecule has 0 aliphatic carbocycles. The van der Waals surface area contributed by atoms with Gasteiger partial charge in [0.1, 0.15) is 0 Å². The molecule has 2 aromatic rings. The third-order valence-corrected chi connectivity index (χ3v) is 3.99. The molecule has 0 saturated carbocycles. The zero-order valence-electron chi connectivity index (χ0n) is 16.7. The van der Waals surface area contributed by atoms with Gasteiger partial charge in [-0.1, -0.05) is 12.1 Å². The molecule has 7 heteroatoms. The lowest BCUT2D eigenvalue weighted by Gasteiger charge is -2.20. The summed E-state index contributed by atoms with van der Waals surface area (Å²) in [5, 5.41) is 0. The van der Waals surface area contributed by atoms with Crippen LogP contribution in [0.5, 0.6) is 11.5 Å². The summed E-state index contributed by atoms with van der Waals surface area (Å²) in [6.45, 7) is 3.84. The number of amides is 1. The highest BCUT2D eigenvalue weighted by molar-refractivity contribution is 6.06. The van der Waals surface area contributed by atoms with Crippen LogP contribution in [0, 0.1) is 11.6 Å². The first-order valence-electron chi connectivity index (χ1n) is 9.05. The lowest BCUT2D eigenvalue weighted by Crippen LogP contribution is -2.35. The molecule has 0 N–H and O–H groups in total. The number of benzene rings is 2. The summed E-state index contributed by atoms with van der Waals surface area (Å²) in [4.78, 5) is 25.6. The summed E-state index contributed by atoms with van der Waals surface area (Å²) in [6.07, 6.45) is 2.10. The van der Waals surface area contributed by atoms with Crippen LogP contribution in [0.25, 0.3) is 6.08 Å². The number of hydrogen-bond acceptors (Lipinski definition) is 4. The fraction of sp³-hybridized carbons (Fsp3) is 0.273. The average Bonchev–Trinajstić information content (AvgIpc) is 2.69. The molecule has 2 rings (SSSR count). The molecule has 0 heterocycles. The maximum absolute atomic E-state index is 13.3. The minimum Gasteiger partial charge on any atom is -0.490 e. The molecule has 5 nitrogen and oxygen atoms in total. The predicted octanol–water partition coefficient (Wildman–Crippen LogP) is 4.12. The fourth-order valence-electron chi connectivity index (χ4n) is 2.52. The van der Waals surface area contributed by atoms with Crippen LogP contribution >= 0.6 is 0 Å². The second kappa shape index (κ2) is 9.82. The van der Waals surface area contributed by atoms with Gasteiger partial charge in [-0.3, -0.25) is 9.59 Å². The van der Waals surface area contributed by atoms with E-state index >= 15 is 0 Å². The Morgan fingerprint density at radius 3 is 2.41 bits per heavy atom. The monoisotopic (exact) mass is 403 g/mol. The van der Waals surface area contributed by atoms with Gasteiger partial charge >= 0.3 is 0 Å². The summed E-state index contributed by atoms with van der Waals surface area (Å²) in [6, 6.07) is 7.99. The summed E-state index contributed by atoms with van der Waals surface area (Å²) >= 11 is 0. The van der Waals surface area contributed by atoms with Crippen molar-refractivity contribution in [3.8, 4) is 11.5 Å². The molecule has 0 spiro atoms. The minimum absolute atomic E-state index is 0.0427. The van der Waals surface area contributed by atoms with Crippen LogP contribution in [0.2, 0.25) is 0 Å². The first-order chi connectivity index (χ1) is 13.7. The van der Waals surface area contributed by atoms with Gasteiger partial charge in [0.2, 0.25) is 0 Å². The van der Waals surface area contributed by atoms with E-state index in [0.717, 1.165) is 12.1 Å². The minimum atomic E-state index is -1.08. The number of ether oxygens (including phenoxy) is 2. The molecule has 0 aliphatic rings. The van der Waals surface area contributed by atoms with E-state index in [2.05, 4.69) is 0 Å². The van der Waals surface area contributed by atoms with E-state index < -0.39 is 23.5 Å². The number of rotatable bonds is 8. The summed E-state index contributed by atoms with van der Waals surface area (Å²) in [5.74, 6) is -1.91. The van der Waals surface area contributed by atoms with Crippen LogP contribution in [0.1, 0.15) is 29.8 Å². The van der Waals surface area contributed by atoms with Crippen molar-refractivity contribution >= 4 is 17.8 Å². The Morgan fingerprint density at radius 2 is 1.79 bits per heavy atom. The molecule has 0 saturated heterocycles. The topological polar surface area (TPSA) is 55.8 Å². The van der Waals surface area contributed by atoms with Gasteiger partial charge in [-0.2, -0.15) is 0 Å². The van der Waals surface area contributed by atoms with E-state index in [-0.39, 0.29) is 11.5 Å². The first-order valence-corrected chi connectivity index (χ1v) is 9.05. The van der Waals surface area contributed by atoms with Gasteiger partial charge in [0.05, 0.1) is 6.61 Å². The molecular formula is C22H23F2NO4. The predicted molar refractivity (Wildman–Crippen MR) is 106 cm³/mol. The highest BCUT2D eigenvalue weighted by atomic mass is 19.2. The SMILES string of the molecule is CCOc1cc(/C=C/C(=O)c2ccc(F)c(F)c2)ccc1O[C@H](C)C(=O)N(C)C. The quantitative estimate of drug-likeness (QED) is 0.492. The van der Waals surface area contributed by atoms with Crippen LogP contribution in [0.3, 0.4) is 0 Å². The van der Waals surface area contributed by atoms with Crippen molar-refractivity contribution < 1.29 is 27.8 Å². The zero-order chi connectivity index (χ0) is 21.6. The fourth-order valence-corrected chi connectivity index (χ4v) is 2.52. The Labute approximate surface area is 168 Å². The maximum Gasteiger partial charge on any atom is 0.262 e. The maximum atomic E-state index is 13.3. The normalized spacial score (nSPS) is 11.9. The van der Waals surface area contributed by atoms with Gasteiger partial charge < -0.3 is 14.4 Å². The van der Waals surface area contributed by atoms with Gasteiger partial charge in [0, 0.05) is 19.7 Å². The third kappa shape index (κ3) is 5.88. The van der Waals surface area contributed by atoms with Crippen molar-refractivity contribution in [2.24, 2.45) is 0 Å². The first kappa shape index (κ1) is 22.1. The van der Waals surface area contributed by atoms with Crippen molar-refractivity contribution in [3.05, 3.63) is 65.2 Å². The van der Waals surface area contributed by atoms with Gasteiger partial charge in [-0.05, 0) is 55.8 Å². The largest absolute Gasteiger partial charge is 0.490 e. The smallest absolute Gasteiger partial charge is 0.262 e. The summed E-state index contributed by atoms with van der Waals surface area (Å²) in [7, 11) is 3.28. The third-order valence-electron chi connectivity index (χ3n) is 3.99.